The summed E-state index contributed by atoms with van der Waals surface area (Å²) in [5, 5.41) is 0. The van der Waals surface area contributed by atoms with Crippen LogP contribution in [0.15, 0.2) is 18.2 Å². The minimum absolute atomic E-state index is 0.424. The summed E-state index contributed by atoms with van der Waals surface area (Å²) in [5.41, 5.74) is 13.0. The van der Waals surface area contributed by atoms with Crippen molar-refractivity contribution in [3.05, 3.63) is 23.8 Å². The van der Waals surface area contributed by atoms with Gasteiger partial charge in [0, 0.05) is 24.0 Å². The van der Waals surface area contributed by atoms with E-state index in [0.29, 0.717) is 17.3 Å². The fourth-order valence-electron chi connectivity index (χ4n) is 2.70. The number of carbonyl (C=O) groups excluding carboxylic acids is 1. The number of nitrogens with two attached hydrogens (primary N) is 2. The predicted molar refractivity (Wildman–Crippen MR) is 74.6 cm³/mol. The van der Waals surface area contributed by atoms with E-state index in [9.17, 15) is 4.79 Å². The second-order valence-electron chi connectivity index (χ2n) is 4.89. The lowest BCUT2D eigenvalue weighted by Gasteiger charge is -2.37. The molecular weight excluding hydrogens is 226 g/mol. The van der Waals surface area contributed by atoms with Crippen LogP contribution < -0.4 is 16.4 Å². The number of hydrogen-bond donors (Lipinski definition) is 2. The highest BCUT2D eigenvalue weighted by Crippen LogP contribution is 2.28. The normalized spacial score (nSPS) is 19.8. The zero-order valence-corrected chi connectivity index (χ0v) is 10.9. The van der Waals surface area contributed by atoms with Crippen molar-refractivity contribution in [1.29, 1.82) is 0 Å². The van der Waals surface area contributed by atoms with Gasteiger partial charge in [-0.3, -0.25) is 4.79 Å². The van der Waals surface area contributed by atoms with E-state index in [1.165, 1.54) is 19.3 Å². The standard InChI is InChI=1S/C14H21N3O/c1-2-10-5-3-4-8-17(10)11-6-7-13(15)12(9-11)14(16)18/h6-7,9-10H,2-5,8,15H2,1H3,(H2,16,18). The van der Waals surface area contributed by atoms with E-state index >= 15 is 0 Å². The molecule has 0 aliphatic carbocycles. The first-order valence-corrected chi connectivity index (χ1v) is 6.59. The van der Waals surface area contributed by atoms with Crippen molar-refractivity contribution >= 4 is 17.3 Å². The van der Waals surface area contributed by atoms with Gasteiger partial charge in [0.25, 0.3) is 5.91 Å². The topological polar surface area (TPSA) is 72.3 Å². The maximum Gasteiger partial charge on any atom is 0.250 e. The van der Waals surface area contributed by atoms with Crippen LogP contribution in [0.1, 0.15) is 43.0 Å². The predicted octanol–water partition coefficient (Wildman–Crippen LogP) is 2.14. The summed E-state index contributed by atoms with van der Waals surface area (Å²) in [4.78, 5) is 13.7. The van der Waals surface area contributed by atoms with Crippen molar-refractivity contribution in [2.75, 3.05) is 17.2 Å². The fourth-order valence-corrected chi connectivity index (χ4v) is 2.70. The summed E-state index contributed by atoms with van der Waals surface area (Å²) < 4.78 is 0. The molecule has 1 saturated heterocycles. The molecule has 2 rings (SSSR count). The van der Waals surface area contributed by atoms with E-state index in [4.69, 9.17) is 11.5 Å². The third kappa shape index (κ3) is 2.42. The van der Waals surface area contributed by atoms with E-state index < -0.39 is 5.91 Å². The van der Waals surface area contributed by atoms with Gasteiger partial charge in [0.05, 0.1) is 5.56 Å². The Balaban J connectivity index is 2.32. The second-order valence-corrected chi connectivity index (χ2v) is 4.89. The van der Waals surface area contributed by atoms with Crippen LogP contribution in [-0.2, 0) is 0 Å². The van der Waals surface area contributed by atoms with Gasteiger partial charge >= 0.3 is 0 Å². The largest absolute Gasteiger partial charge is 0.398 e. The SMILES string of the molecule is CCC1CCCCN1c1ccc(N)c(C(N)=O)c1. The van der Waals surface area contributed by atoms with Gasteiger partial charge in [-0.2, -0.15) is 0 Å². The first-order chi connectivity index (χ1) is 8.63. The van der Waals surface area contributed by atoms with Gasteiger partial charge in [-0.15, -0.1) is 0 Å². The Bertz CT molecular complexity index is 445. The Labute approximate surface area is 108 Å². The van der Waals surface area contributed by atoms with E-state index in [1.54, 1.807) is 6.07 Å². The molecule has 0 radical (unpaired) electrons. The van der Waals surface area contributed by atoms with Crippen molar-refractivity contribution in [3.8, 4) is 0 Å². The number of nitrogens with zero attached hydrogens (tertiary/aromatic N) is 1. The van der Waals surface area contributed by atoms with Gasteiger partial charge < -0.3 is 16.4 Å². The zero-order valence-electron chi connectivity index (χ0n) is 10.9. The van der Waals surface area contributed by atoms with Crippen LogP contribution >= 0.6 is 0 Å². The van der Waals surface area contributed by atoms with Crippen LogP contribution in [0.4, 0.5) is 11.4 Å². The molecule has 98 valence electrons. The third-order valence-electron chi connectivity index (χ3n) is 3.73. The third-order valence-corrected chi connectivity index (χ3v) is 3.73. The molecule has 1 aromatic rings. The molecule has 1 atom stereocenters. The van der Waals surface area contributed by atoms with Crippen LogP contribution in [0.5, 0.6) is 0 Å². The number of amides is 1. The number of piperidine rings is 1. The van der Waals surface area contributed by atoms with Gasteiger partial charge in [0.15, 0.2) is 0 Å². The molecule has 0 bridgehead atoms. The number of carbonyl (C=O) groups is 1. The Kier molecular flexibility index (Phi) is 3.75. The van der Waals surface area contributed by atoms with Crippen molar-refractivity contribution in [2.45, 2.75) is 38.6 Å². The second kappa shape index (κ2) is 5.29. The molecule has 0 aromatic heterocycles. The summed E-state index contributed by atoms with van der Waals surface area (Å²) in [7, 11) is 0. The zero-order chi connectivity index (χ0) is 13.1. The lowest BCUT2D eigenvalue weighted by atomic mass is 9.98. The van der Waals surface area contributed by atoms with Crippen LogP contribution in [0.3, 0.4) is 0 Å². The van der Waals surface area contributed by atoms with Crippen LogP contribution in [0, 0.1) is 0 Å². The van der Waals surface area contributed by atoms with E-state index in [0.717, 1.165) is 18.7 Å². The summed E-state index contributed by atoms with van der Waals surface area (Å²) in [6.45, 7) is 3.25. The van der Waals surface area contributed by atoms with Crippen LogP contribution in [0.2, 0.25) is 0 Å². The van der Waals surface area contributed by atoms with E-state index in [1.807, 2.05) is 12.1 Å². The minimum Gasteiger partial charge on any atom is -0.398 e. The fraction of sp³-hybridized carbons (Fsp3) is 0.500. The maximum atomic E-state index is 11.3. The molecule has 4 N–H and O–H groups in total. The van der Waals surface area contributed by atoms with Crippen molar-refractivity contribution < 1.29 is 4.79 Å². The van der Waals surface area contributed by atoms with Crippen LogP contribution in [0.25, 0.3) is 0 Å². The summed E-state index contributed by atoms with van der Waals surface area (Å²) in [5.74, 6) is -0.459. The Morgan fingerprint density at radius 3 is 2.89 bits per heavy atom. The summed E-state index contributed by atoms with van der Waals surface area (Å²) in [6.07, 6.45) is 4.82. The summed E-state index contributed by atoms with van der Waals surface area (Å²) in [6, 6.07) is 6.14. The minimum atomic E-state index is -0.459. The maximum absolute atomic E-state index is 11.3. The molecule has 1 aliphatic rings. The van der Waals surface area contributed by atoms with Gasteiger partial charge in [-0.1, -0.05) is 6.92 Å². The first-order valence-electron chi connectivity index (χ1n) is 6.59. The number of anilines is 2. The Morgan fingerprint density at radius 2 is 2.22 bits per heavy atom. The first kappa shape index (κ1) is 12.7. The monoisotopic (exact) mass is 247 g/mol. The lowest BCUT2D eigenvalue weighted by Crippen LogP contribution is -2.39. The molecule has 1 unspecified atom stereocenters. The van der Waals surface area contributed by atoms with Gasteiger partial charge in [0.1, 0.15) is 0 Å². The molecule has 4 nitrogen and oxygen atoms in total. The quantitative estimate of drug-likeness (QED) is 0.804. The van der Waals surface area contributed by atoms with Gasteiger partial charge in [-0.05, 0) is 43.9 Å². The average Bonchev–Trinajstić information content (AvgIpc) is 2.39. The van der Waals surface area contributed by atoms with Crippen molar-refractivity contribution in [2.24, 2.45) is 5.73 Å². The molecular formula is C14H21N3O. The van der Waals surface area contributed by atoms with Gasteiger partial charge in [0.2, 0.25) is 0 Å². The smallest absolute Gasteiger partial charge is 0.250 e. The van der Waals surface area contributed by atoms with Crippen molar-refractivity contribution in [1.82, 2.24) is 0 Å². The van der Waals surface area contributed by atoms with Gasteiger partial charge in [-0.25, -0.2) is 0 Å². The number of nitrogen functional groups attached to an aromatic ring is 1. The van der Waals surface area contributed by atoms with E-state index in [-0.39, 0.29) is 0 Å². The Morgan fingerprint density at radius 1 is 1.44 bits per heavy atom. The number of benzene rings is 1. The number of hydrogen-bond acceptors (Lipinski definition) is 3. The molecule has 0 spiro atoms. The highest BCUT2D eigenvalue weighted by atomic mass is 16.1. The Hall–Kier alpha value is -1.71. The molecule has 18 heavy (non-hydrogen) atoms. The van der Waals surface area contributed by atoms with E-state index in [2.05, 4.69) is 11.8 Å². The average molecular weight is 247 g/mol. The summed E-state index contributed by atoms with van der Waals surface area (Å²) >= 11 is 0. The van der Waals surface area contributed by atoms with Crippen LogP contribution in [-0.4, -0.2) is 18.5 Å². The molecule has 1 fully saturated rings. The van der Waals surface area contributed by atoms with Crippen molar-refractivity contribution in [3.63, 3.8) is 0 Å². The molecule has 1 amide bonds. The molecule has 0 saturated carbocycles. The number of rotatable bonds is 3. The molecule has 1 aliphatic heterocycles. The molecule has 1 aromatic carbocycles. The number of primary amides is 1. The highest BCUT2D eigenvalue weighted by molar-refractivity contribution is 5.99. The molecule has 1 heterocycles. The highest BCUT2D eigenvalue weighted by Gasteiger charge is 2.22. The lowest BCUT2D eigenvalue weighted by molar-refractivity contribution is 0.100. The molecule has 4 heteroatoms.